The summed E-state index contributed by atoms with van der Waals surface area (Å²) in [6, 6.07) is 0. The molecule has 1 heterocycles. The summed E-state index contributed by atoms with van der Waals surface area (Å²) < 4.78 is 6.24. The minimum absolute atomic E-state index is 0.0321. The van der Waals surface area contributed by atoms with E-state index in [1.54, 1.807) is 0 Å². The van der Waals surface area contributed by atoms with Crippen molar-refractivity contribution in [1.82, 2.24) is 8.54 Å². The van der Waals surface area contributed by atoms with Gasteiger partial charge in [-0.05, 0) is 0 Å². The molecule has 0 spiro atoms. The zero-order valence-electron chi connectivity index (χ0n) is 6.51. The summed E-state index contributed by atoms with van der Waals surface area (Å²) in [6.45, 7) is 0. The van der Waals surface area contributed by atoms with Gasteiger partial charge in [0.05, 0.1) is 0 Å². The highest BCUT2D eigenvalue weighted by molar-refractivity contribution is 7.78. The second-order valence-electron chi connectivity index (χ2n) is 2.03. The first-order chi connectivity index (χ1) is 5.57. The first-order valence-corrected chi connectivity index (χ1v) is 3.43. The first kappa shape index (κ1) is 8.85. The van der Waals surface area contributed by atoms with Gasteiger partial charge in [0.2, 0.25) is 0 Å². The average Bonchev–Trinajstić information content (AvgIpc) is 2.08. The van der Waals surface area contributed by atoms with Crippen LogP contribution >= 0.6 is 12.8 Å². The quantitative estimate of drug-likeness (QED) is 0.498. The Bertz CT molecular complexity index is 466. The molecule has 66 valence electrons. The molecule has 12 heavy (non-hydrogen) atoms. The van der Waals surface area contributed by atoms with Gasteiger partial charge >= 0.3 is 17.1 Å². The summed E-state index contributed by atoms with van der Waals surface area (Å²) in [7, 11) is 2.85. The van der Waals surface area contributed by atoms with Crippen LogP contribution in [0.4, 0.5) is 0 Å². The highest BCUT2D eigenvalue weighted by atomic mass is 32.1. The Balaban J connectivity index is 3.87. The average molecular weight is 189 g/mol. The third-order valence-corrected chi connectivity index (χ3v) is 1.63. The van der Waals surface area contributed by atoms with Gasteiger partial charge in [0, 0.05) is 14.1 Å². The summed E-state index contributed by atoms with van der Waals surface area (Å²) >= 11 is 3.60. The van der Waals surface area contributed by atoms with Gasteiger partial charge in [0.15, 0.2) is 0 Å². The zero-order chi connectivity index (χ0) is 9.30. The molecule has 0 atom stereocenters. The topological polar surface area (TPSA) is 69.5 Å². The fourth-order valence-electron chi connectivity index (χ4n) is 0.687. The van der Waals surface area contributed by atoms with E-state index >= 15 is 0 Å². The zero-order valence-corrected chi connectivity index (χ0v) is 7.41. The van der Waals surface area contributed by atoms with Gasteiger partial charge < -0.3 is 4.42 Å². The normalized spacial score (nSPS) is 12.1. The van der Waals surface area contributed by atoms with Crippen LogP contribution in [0.3, 0.4) is 0 Å². The highest BCUT2D eigenvalue weighted by Crippen LogP contribution is 1.68. The molecular formula is C5H7N3O3S. The molecule has 0 unspecified atom stereocenters. The summed E-state index contributed by atoms with van der Waals surface area (Å²) in [6.07, 6.45) is 0. The van der Waals surface area contributed by atoms with Crippen LogP contribution in [0, 0.1) is 0 Å². The number of thiol groups is 1. The molecule has 0 radical (unpaired) electrons. The van der Waals surface area contributed by atoms with Crippen molar-refractivity contribution in [2.45, 2.75) is 0 Å². The van der Waals surface area contributed by atoms with E-state index < -0.39 is 11.4 Å². The number of rotatable bonds is 0. The van der Waals surface area contributed by atoms with Crippen molar-refractivity contribution in [1.29, 1.82) is 0 Å². The van der Waals surface area contributed by atoms with Crippen molar-refractivity contribution >= 4 is 12.8 Å². The summed E-state index contributed by atoms with van der Waals surface area (Å²) in [4.78, 5) is 25.5. The van der Waals surface area contributed by atoms with E-state index in [9.17, 15) is 9.59 Å². The smallest absolute Gasteiger partial charge is 0.374 e. The van der Waals surface area contributed by atoms with Crippen molar-refractivity contribution in [3.8, 4) is 0 Å². The Kier molecular flexibility index (Phi) is 2.22. The molecule has 1 aromatic rings. The Morgan fingerprint density at radius 2 is 2.08 bits per heavy atom. The van der Waals surface area contributed by atoms with Crippen LogP contribution in [-0.4, -0.2) is 15.6 Å². The van der Waals surface area contributed by atoms with E-state index in [2.05, 4.69) is 22.2 Å². The molecule has 0 aliphatic rings. The Morgan fingerprint density at radius 3 is 2.58 bits per heavy atom. The maximum absolute atomic E-state index is 11.1. The lowest BCUT2D eigenvalue weighted by Crippen LogP contribution is -2.42. The predicted molar refractivity (Wildman–Crippen MR) is 44.1 cm³/mol. The van der Waals surface area contributed by atoms with Crippen LogP contribution in [0.15, 0.2) is 19.0 Å². The lowest BCUT2D eigenvalue weighted by atomic mass is 10.9. The first-order valence-electron chi connectivity index (χ1n) is 3.03. The van der Waals surface area contributed by atoms with E-state index in [4.69, 9.17) is 0 Å². The monoisotopic (exact) mass is 189 g/mol. The molecule has 0 aliphatic heterocycles. The Morgan fingerprint density at radius 1 is 1.50 bits per heavy atom. The van der Waals surface area contributed by atoms with E-state index in [-0.39, 0.29) is 5.68 Å². The summed E-state index contributed by atoms with van der Waals surface area (Å²) in [5, 5.41) is 0. The Labute approximate surface area is 72.3 Å². The molecule has 0 saturated heterocycles. The van der Waals surface area contributed by atoms with Gasteiger partial charge in [-0.15, -0.1) is 0 Å². The maximum Gasteiger partial charge on any atom is 0.436 e. The van der Waals surface area contributed by atoms with Crippen molar-refractivity contribution in [3.63, 3.8) is 0 Å². The fraction of sp³-hybridized carbons (Fsp3) is 0.400. The number of hydrogen-bond donors (Lipinski definition) is 1. The van der Waals surface area contributed by atoms with Gasteiger partial charge in [-0.1, -0.05) is 12.8 Å². The van der Waals surface area contributed by atoms with Gasteiger partial charge in [-0.2, -0.15) is 3.97 Å². The maximum atomic E-state index is 11.1. The van der Waals surface area contributed by atoms with Gasteiger partial charge in [-0.25, -0.2) is 19.1 Å². The molecule has 1 aromatic heterocycles. The molecular weight excluding hydrogens is 182 g/mol. The van der Waals surface area contributed by atoms with Crippen molar-refractivity contribution in [3.05, 3.63) is 26.7 Å². The Hall–Kier alpha value is -1.24. The van der Waals surface area contributed by atoms with Crippen molar-refractivity contribution in [2.75, 3.05) is 7.05 Å². The van der Waals surface area contributed by atoms with E-state index in [0.29, 0.717) is 3.97 Å². The standard InChI is InChI=1S/C5H7N3O3S/c1-6-3-7(2)4(9)8(12)5(10)11-3/h12H,1-2H3/b6-3-. The molecule has 0 aliphatic carbocycles. The molecule has 7 heteroatoms. The fourth-order valence-corrected chi connectivity index (χ4v) is 0.862. The number of nitrogens with zero attached hydrogens (tertiary/aromatic N) is 3. The minimum Gasteiger partial charge on any atom is -0.374 e. The van der Waals surface area contributed by atoms with Gasteiger partial charge in [0.1, 0.15) is 0 Å². The van der Waals surface area contributed by atoms with E-state index in [1.165, 1.54) is 14.1 Å². The van der Waals surface area contributed by atoms with E-state index in [0.717, 1.165) is 4.57 Å². The van der Waals surface area contributed by atoms with Crippen molar-refractivity contribution < 1.29 is 4.42 Å². The van der Waals surface area contributed by atoms with Gasteiger partial charge in [0.25, 0.3) is 0 Å². The van der Waals surface area contributed by atoms with E-state index in [1.807, 2.05) is 0 Å². The molecule has 1 rings (SSSR count). The molecule has 0 bridgehead atoms. The second-order valence-corrected chi connectivity index (χ2v) is 2.43. The molecule has 0 amide bonds. The molecule has 6 nitrogen and oxygen atoms in total. The van der Waals surface area contributed by atoms with Crippen LogP contribution < -0.4 is 17.1 Å². The SMILES string of the molecule is C/N=c1\oc(=O)n(S)c(=O)n1C. The molecule has 0 N–H and O–H groups in total. The molecule has 0 aromatic carbocycles. The lowest BCUT2D eigenvalue weighted by Gasteiger charge is -1.97. The largest absolute Gasteiger partial charge is 0.436 e. The number of aromatic nitrogens is 2. The van der Waals surface area contributed by atoms with Crippen molar-refractivity contribution in [2.24, 2.45) is 12.0 Å². The molecule has 0 saturated carbocycles. The third kappa shape index (κ3) is 1.22. The highest BCUT2D eigenvalue weighted by Gasteiger charge is 2.02. The van der Waals surface area contributed by atoms with Gasteiger partial charge in [-0.3, -0.25) is 0 Å². The van der Waals surface area contributed by atoms with Crippen LogP contribution in [0.5, 0.6) is 0 Å². The third-order valence-electron chi connectivity index (χ3n) is 1.30. The molecule has 0 fully saturated rings. The van der Waals surface area contributed by atoms with Crippen LogP contribution in [0.1, 0.15) is 0 Å². The van der Waals surface area contributed by atoms with Crippen LogP contribution in [0.2, 0.25) is 0 Å². The predicted octanol–water partition coefficient (Wildman–Crippen LogP) is -1.64. The summed E-state index contributed by atoms with van der Waals surface area (Å²) in [5.41, 5.74) is -0.620. The number of hydrogen-bond acceptors (Lipinski definition) is 5. The minimum atomic E-state index is -0.845. The van der Waals surface area contributed by atoms with Crippen LogP contribution in [0.25, 0.3) is 0 Å². The second kappa shape index (κ2) is 3.02. The summed E-state index contributed by atoms with van der Waals surface area (Å²) in [5.74, 6) is -0.845. The lowest BCUT2D eigenvalue weighted by molar-refractivity contribution is 0.362. The van der Waals surface area contributed by atoms with Crippen LogP contribution in [-0.2, 0) is 7.05 Å².